The molecule has 0 saturated carbocycles. The van der Waals surface area contributed by atoms with E-state index < -0.39 is 29.3 Å². The molecule has 2 unspecified atom stereocenters. The van der Waals surface area contributed by atoms with Crippen molar-refractivity contribution in [3.63, 3.8) is 0 Å². The molecule has 0 bridgehead atoms. The Labute approximate surface area is 201 Å². The van der Waals surface area contributed by atoms with Gasteiger partial charge in [-0.25, -0.2) is 0 Å². The number of rotatable bonds is 4. The molecular weight excluding hydrogens is 422 g/mol. The first-order chi connectivity index (χ1) is 15.1. The quantitative estimate of drug-likeness (QED) is 0.460. The third-order valence-corrected chi connectivity index (χ3v) is 7.74. The van der Waals surface area contributed by atoms with Crippen LogP contribution in [0.2, 0.25) is 0 Å². The first-order valence-electron chi connectivity index (χ1n) is 12.5. The molecule has 1 saturated heterocycles. The second-order valence-corrected chi connectivity index (χ2v) is 11.1. The zero-order chi connectivity index (χ0) is 25.7. The number of aliphatic hydroxyl groups excluding tert-OH is 1. The van der Waals surface area contributed by atoms with Gasteiger partial charge in [-0.2, -0.15) is 0 Å². The first-order valence-corrected chi connectivity index (χ1v) is 12.5. The van der Waals surface area contributed by atoms with E-state index in [1.54, 1.807) is 7.11 Å². The van der Waals surface area contributed by atoms with Crippen molar-refractivity contribution in [1.29, 1.82) is 0 Å². The van der Waals surface area contributed by atoms with Gasteiger partial charge in [-0.3, -0.25) is 4.79 Å². The molecule has 1 aliphatic rings. The number of methoxy groups -OCH3 is 1. The van der Waals surface area contributed by atoms with Crippen molar-refractivity contribution in [3.8, 4) is 0 Å². The number of hydrogen-bond donors (Lipinski definition) is 2. The molecule has 194 valence electrons. The molecule has 1 aliphatic heterocycles. The van der Waals surface area contributed by atoms with Gasteiger partial charge in [0.15, 0.2) is 0 Å². The summed E-state index contributed by atoms with van der Waals surface area (Å²) in [7, 11) is 1.71. The fourth-order valence-electron chi connectivity index (χ4n) is 5.09. The lowest BCUT2D eigenvalue weighted by atomic mass is 9.73. The molecule has 33 heavy (non-hydrogen) atoms. The Morgan fingerprint density at radius 2 is 1.70 bits per heavy atom. The number of carbonyl (C=O) groups is 1. The normalized spacial score (nSPS) is 43.3. The highest BCUT2D eigenvalue weighted by Gasteiger charge is 2.47. The summed E-state index contributed by atoms with van der Waals surface area (Å²) in [6, 6.07) is 0. The Morgan fingerprint density at radius 1 is 1.12 bits per heavy atom. The van der Waals surface area contributed by atoms with Crippen molar-refractivity contribution in [1.82, 2.24) is 0 Å². The Kier molecular flexibility index (Phi) is 10.8. The molecule has 1 fully saturated rings. The molecule has 1 rings (SSSR count). The van der Waals surface area contributed by atoms with Crippen LogP contribution in [0.15, 0.2) is 5.16 Å². The summed E-state index contributed by atoms with van der Waals surface area (Å²) in [5.74, 6) is -1.06. The maximum Gasteiger partial charge on any atom is 0.309 e. The zero-order valence-electron chi connectivity index (χ0n) is 22.7. The minimum absolute atomic E-state index is 0.0499. The minimum atomic E-state index is -1.66. The van der Waals surface area contributed by atoms with Crippen LogP contribution in [0.1, 0.15) is 88.5 Å². The number of carbonyl (C=O) groups excluding carboxylic acids is 1. The lowest BCUT2D eigenvalue weighted by Crippen LogP contribution is -2.56. The van der Waals surface area contributed by atoms with Gasteiger partial charge < -0.3 is 24.5 Å². The van der Waals surface area contributed by atoms with E-state index in [2.05, 4.69) is 32.9 Å². The molecule has 0 radical (unpaired) electrons. The zero-order valence-corrected chi connectivity index (χ0v) is 22.7. The maximum atomic E-state index is 13.0. The van der Waals surface area contributed by atoms with Crippen LogP contribution in [0.3, 0.4) is 0 Å². The van der Waals surface area contributed by atoms with E-state index in [4.69, 9.17) is 14.3 Å². The van der Waals surface area contributed by atoms with Gasteiger partial charge in [0.05, 0.1) is 23.3 Å². The van der Waals surface area contributed by atoms with E-state index in [1.165, 1.54) is 6.92 Å². The maximum absolute atomic E-state index is 13.0. The standard InChI is InChI=1S/C26H49NO6/c1-12-21-26(10,30)23(28)20(8)22(27-33-15(2)3)17(5)14-25(9,31-11)13-16(4)18(6)19(7)24(29)32-21/h15-21,23,28,30H,12-14H2,1-11H3/b27-22+/t16-,17-,18+,19-,20?,21-,23?,25+,26-/m1/s1. The summed E-state index contributed by atoms with van der Waals surface area (Å²) in [6.07, 6.45) is -0.376. The Hall–Kier alpha value is -1.18. The largest absolute Gasteiger partial charge is 0.459 e. The van der Waals surface area contributed by atoms with E-state index in [1.807, 2.05) is 34.6 Å². The van der Waals surface area contributed by atoms with Crippen LogP contribution >= 0.6 is 0 Å². The molecule has 7 heteroatoms. The Morgan fingerprint density at radius 3 is 2.18 bits per heavy atom. The van der Waals surface area contributed by atoms with Gasteiger partial charge in [0, 0.05) is 18.9 Å². The minimum Gasteiger partial charge on any atom is -0.459 e. The van der Waals surface area contributed by atoms with Crippen molar-refractivity contribution < 1.29 is 29.3 Å². The average molecular weight is 472 g/mol. The monoisotopic (exact) mass is 471 g/mol. The van der Waals surface area contributed by atoms with Crippen molar-refractivity contribution >= 4 is 11.7 Å². The lowest BCUT2D eigenvalue weighted by Gasteiger charge is -2.42. The summed E-state index contributed by atoms with van der Waals surface area (Å²) in [5, 5.41) is 27.1. The first kappa shape index (κ1) is 29.9. The smallest absolute Gasteiger partial charge is 0.309 e. The topological polar surface area (TPSA) is 97.6 Å². The summed E-state index contributed by atoms with van der Waals surface area (Å²) in [5.41, 5.74) is -1.46. The number of oxime groups is 1. The Balaban J connectivity index is 3.56. The van der Waals surface area contributed by atoms with Gasteiger partial charge in [0.25, 0.3) is 0 Å². The molecule has 7 nitrogen and oxygen atoms in total. The van der Waals surface area contributed by atoms with Gasteiger partial charge in [-0.05, 0) is 58.8 Å². The highest BCUT2D eigenvalue weighted by Crippen LogP contribution is 2.37. The van der Waals surface area contributed by atoms with Gasteiger partial charge in [-0.1, -0.05) is 46.7 Å². The predicted molar refractivity (Wildman–Crippen MR) is 131 cm³/mol. The highest BCUT2D eigenvalue weighted by molar-refractivity contribution is 5.88. The molecule has 0 aromatic heterocycles. The fraction of sp³-hybridized carbons (Fsp3) is 0.923. The SMILES string of the molecule is CC[C@H]1OC(=O)[C@H](C)[C@@H](C)[C@H](C)C[C@](C)(OC)C[C@@H](C)/C(=N\OC(C)C)C(C)C(O)[C@]1(C)O. The molecule has 1 heterocycles. The number of esters is 1. The summed E-state index contributed by atoms with van der Waals surface area (Å²) in [6.45, 7) is 19.2. The van der Waals surface area contributed by atoms with Crippen molar-refractivity contribution in [2.45, 2.75) is 118 Å². The number of aliphatic hydroxyl groups is 2. The summed E-state index contributed by atoms with van der Waals surface area (Å²) < 4.78 is 11.8. The fourth-order valence-corrected chi connectivity index (χ4v) is 5.09. The number of hydrogen-bond acceptors (Lipinski definition) is 7. The second-order valence-electron chi connectivity index (χ2n) is 11.1. The van der Waals surface area contributed by atoms with Crippen LogP contribution in [0.5, 0.6) is 0 Å². The van der Waals surface area contributed by atoms with Crippen molar-refractivity contribution in [2.75, 3.05) is 7.11 Å². The molecular formula is C26H49NO6. The van der Waals surface area contributed by atoms with Crippen molar-refractivity contribution in [2.24, 2.45) is 34.7 Å². The molecule has 0 aliphatic carbocycles. The summed E-state index contributed by atoms with van der Waals surface area (Å²) in [4.78, 5) is 18.6. The lowest BCUT2D eigenvalue weighted by molar-refractivity contribution is -0.187. The molecule has 0 aromatic carbocycles. The van der Waals surface area contributed by atoms with Crippen LogP contribution in [0, 0.1) is 29.6 Å². The third kappa shape index (κ3) is 7.40. The predicted octanol–water partition coefficient (Wildman–Crippen LogP) is 4.58. The van der Waals surface area contributed by atoms with Gasteiger partial charge >= 0.3 is 5.97 Å². The summed E-state index contributed by atoms with van der Waals surface area (Å²) >= 11 is 0. The van der Waals surface area contributed by atoms with Crippen LogP contribution in [-0.4, -0.2) is 58.5 Å². The van der Waals surface area contributed by atoms with Gasteiger partial charge in [0.2, 0.25) is 0 Å². The molecule has 0 amide bonds. The molecule has 2 N–H and O–H groups in total. The van der Waals surface area contributed by atoms with E-state index >= 15 is 0 Å². The van der Waals surface area contributed by atoms with Gasteiger partial charge in [0.1, 0.15) is 17.8 Å². The Bertz CT molecular complexity index is 663. The molecule has 9 atom stereocenters. The van der Waals surface area contributed by atoms with E-state index in [0.717, 1.165) is 6.42 Å². The number of cyclic esters (lactones) is 1. The van der Waals surface area contributed by atoms with Crippen LogP contribution in [0.4, 0.5) is 0 Å². The number of ether oxygens (including phenoxy) is 2. The van der Waals surface area contributed by atoms with E-state index in [-0.39, 0.29) is 35.7 Å². The van der Waals surface area contributed by atoms with E-state index in [9.17, 15) is 15.0 Å². The number of nitrogens with zero attached hydrogens (tertiary/aromatic N) is 1. The van der Waals surface area contributed by atoms with Gasteiger partial charge in [-0.15, -0.1) is 0 Å². The molecule has 0 aromatic rings. The molecule has 0 spiro atoms. The van der Waals surface area contributed by atoms with Crippen LogP contribution < -0.4 is 0 Å². The van der Waals surface area contributed by atoms with Crippen LogP contribution in [0.25, 0.3) is 0 Å². The second kappa shape index (κ2) is 12.0. The van der Waals surface area contributed by atoms with Crippen molar-refractivity contribution in [3.05, 3.63) is 0 Å². The third-order valence-electron chi connectivity index (χ3n) is 7.74. The van der Waals surface area contributed by atoms with E-state index in [0.29, 0.717) is 18.6 Å². The van der Waals surface area contributed by atoms with Crippen LogP contribution in [-0.2, 0) is 19.1 Å². The average Bonchev–Trinajstić information content (AvgIpc) is 2.74. The highest BCUT2D eigenvalue weighted by atomic mass is 16.6.